The molecule has 1 amide bonds. The minimum Gasteiger partial charge on any atom is -0.349 e. The Morgan fingerprint density at radius 2 is 2.41 bits per heavy atom. The summed E-state index contributed by atoms with van der Waals surface area (Å²) < 4.78 is 3.01. The predicted octanol–water partition coefficient (Wildman–Crippen LogP) is 2.05. The Balaban J connectivity index is 2.03. The third-order valence-corrected chi connectivity index (χ3v) is 3.47. The highest BCUT2D eigenvalue weighted by molar-refractivity contribution is 9.10. The van der Waals surface area contributed by atoms with E-state index < -0.39 is 0 Å². The lowest BCUT2D eigenvalue weighted by Crippen LogP contribution is -2.37. The van der Waals surface area contributed by atoms with Gasteiger partial charge in [0.05, 0.1) is 0 Å². The van der Waals surface area contributed by atoms with E-state index in [2.05, 4.69) is 25.8 Å². The second-order valence-electron chi connectivity index (χ2n) is 4.56. The van der Waals surface area contributed by atoms with Gasteiger partial charge in [-0.25, -0.2) is 0 Å². The molecule has 1 unspecified atom stereocenters. The first-order chi connectivity index (χ1) is 8.11. The van der Waals surface area contributed by atoms with E-state index in [-0.39, 0.29) is 11.9 Å². The first-order valence-electron chi connectivity index (χ1n) is 6.03. The minimum absolute atomic E-state index is 0.0340. The molecule has 0 bridgehead atoms. The zero-order chi connectivity index (χ0) is 12.4. The Hall–Kier alpha value is -0.810. The molecule has 1 atom stereocenters. The molecule has 1 fully saturated rings. The molecule has 0 aromatic carbocycles. The summed E-state index contributed by atoms with van der Waals surface area (Å²) in [6, 6.07) is 2.40. The highest BCUT2D eigenvalue weighted by Crippen LogP contribution is 2.37. The minimum atomic E-state index is -0.0356. The maximum absolute atomic E-state index is 12.0. The van der Waals surface area contributed by atoms with Crippen LogP contribution < -0.4 is 11.1 Å². The van der Waals surface area contributed by atoms with Crippen LogP contribution in [-0.4, -0.2) is 23.1 Å². The van der Waals surface area contributed by atoms with Crippen molar-refractivity contribution in [1.29, 1.82) is 0 Å². The van der Waals surface area contributed by atoms with Crippen molar-refractivity contribution < 1.29 is 4.79 Å². The summed E-state index contributed by atoms with van der Waals surface area (Å²) in [4.78, 5) is 12.0. The molecule has 1 aromatic rings. The number of aromatic nitrogens is 1. The van der Waals surface area contributed by atoms with Crippen LogP contribution in [0.5, 0.6) is 0 Å². The first kappa shape index (κ1) is 12.6. The zero-order valence-electron chi connectivity index (χ0n) is 9.95. The smallest absolute Gasteiger partial charge is 0.268 e. The van der Waals surface area contributed by atoms with Crippen molar-refractivity contribution in [2.45, 2.75) is 38.3 Å². The Morgan fingerprint density at radius 1 is 1.71 bits per heavy atom. The third kappa shape index (κ3) is 3.10. The molecular weight excluding hydrogens is 282 g/mol. The van der Waals surface area contributed by atoms with Gasteiger partial charge in [0.15, 0.2) is 0 Å². The lowest BCUT2D eigenvalue weighted by Gasteiger charge is -2.11. The highest BCUT2D eigenvalue weighted by atomic mass is 79.9. The molecule has 5 heteroatoms. The summed E-state index contributed by atoms with van der Waals surface area (Å²) in [6.07, 6.45) is 5.17. The maximum Gasteiger partial charge on any atom is 0.268 e. The highest BCUT2D eigenvalue weighted by Gasteiger charge is 2.27. The maximum atomic E-state index is 12.0. The molecule has 0 saturated heterocycles. The van der Waals surface area contributed by atoms with Gasteiger partial charge >= 0.3 is 0 Å². The van der Waals surface area contributed by atoms with Crippen LogP contribution in [0.15, 0.2) is 16.7 Å². The molecule has 1 heterocycles. The van der Waals surface area contributed by atoms with Gasteiger partial charge in [-0.05, 0) is 41.3 Å². The fourth-order valence-electron chi connectivity index (χ4n) is 1.74. The normalized spacial score (nSPS) is 16.9. The average Bonchev–Trinajstić information content (AvgIpc) is 3.09. The Kier molecular flexibility index (Phi) is 3.89. The summed E-state index contributed by atoms with van der Waals surface area (Å²) in [5, 5.41) is 2.88. The lowest BCUT2D eigenvalue weighted by molar-refractivity contribution is 0.0941. The standard InChI is InChI=1S/C12H18BrN3O/c1-2-9(14)6-15-12(17)11-5-8(13)7-16(11)10-3-4-10/h5,7,9-10H,2-4,6,14H2,1H3,(H,15,17). The summed E-state index contributed by atoms with van der Waals surface area (Å²) in [7, 11) is 0. The second-order valence-corrected chi connectivity index (χ2v) is 5.48. The SMILES string of the molecule is CCC(N)CNC(=O)c1cc(Br)cn1C1CC1. The van der Waals surface area contributed by atoms with Crippen LogP contribution in [0.3, 0.4) is 0 Å². The van der Waals surface area contributed by atoms with Crippen molar-refractivity contribution in [3.05, 3.63) is 22.4 Å². The van der Waals surface area contributed by atoms with Crippen LogP contribution in [0.4, 0.5) is 0 Å². The zero-order valence-corrected chi connectivity index (χ0v) is 11.5. The number of carbonyl (C=O) groups is 1. The first-order valence-corrected chi connectivity index (χ1v) is 6.82. The Morgan fingerprint density at radius 3 is 3.00 bits per heavy atom. The topological polar surface area (TPSA) is 60.0 Å². The van der Waals surface area contributed by atoms with Gasteiger partial charge in [-0.1, -0.05) is 6.92 Å². The van der Waals surface area contributed by atoms with Gasteiger partial charge in [0.2, 0.25) is 0 Å². The van der Waals surface area contributed by atoms with Gasteiger partial charge in [-0.15, -0.1) is 0 Å². The van der Waals surface area contributed by atoms with E-state index in [1.54, 1.807) is 0 Å². The second kappa shape index (κ2) is 5.23. The van der Waals surface area contributed by atoms with Crippen molar-refractivity contribution in [3.8, 4) is 0 Å². The molecule has 1 aromatic heterocycles. The fraction of sp³-hybridized carbons (Fsp3) is 0.583. The number of nitrogens with two attached hydrogens (primary N) is 1. The number of carbonyl (C=O) groups excluding carboxylic acids is 1. The van der Waals surface area contributed by atoms with Gasteiger partial charge in [-0.3, -0.25) is 4.79 Å². The monoisotopic (exact) mass is 299 g/mol. The van der Waals surface area contributed by atoms with Crippen molar-refractivity contribution in [2.24, 2.45) is 5.73 Å². The van der Waals surface area contributed by atoms with Crippen LogP contribution in [0.2, 0.25) is 0 Å². The van der Waals surface area contributed by atoms with Gasteiger partial charge in [0.1, 0.15) is 5.69 Å². The molecule has 94 valence electrons. The summed E-state index contributed by atoms with van der Waals surface area (Å²) >= 11 is 3.42. The van der Waals surface area contributed by atoms with E-state index in [9.17, 15) is 4.79 Å². The van der Waals surface area contributed by atoms with Crippen LogP contribution in [0.25, 0.3) is 0 Å². The molecule has 4 nitrogen and oxygen atoms in total. The molecular formula is C12H18BrN3O. The van der Waals surface area contributed by atoms with E-state index >= 15 is 0 Å². The van der Waals surface area contributed by atoms with E-state index in [0.29, 0.717) is 12.6 Å². The number of halogens is 1. The number of nitrogens with one attached hydrogen (secondary N) is 1. The third-order valence-electron chi connectivity index (χ3n) is 3.04. The average molecular weight is 300 g/mol. The van der Waals surface area contributed by atoms with Gasteiger partial charge in [0.25, 0.3) is 5.91 Å². The van der Waals surface area contributed by atoms with Gasteiger partial charge in [0, 0.05) is 29.3 Å². The molecule has 0 radical (unpaired) electrons. The summed E-state index contributed by atoms with van der Waals surface area (Å²) in [5.41, 5.74) is 6.51. The van der Waals surface area contributed by atoms with E-state index in [4.69, 9.17) is 5.73 Å². The fourth-order valence-corrected chi connectivity index (χ4v) is 2.18. The van der Waals surface area contributed by atoms with Crippen LogP contribution in [-0.2, 0) is 0 Å². The summed E-state index contributed by atoms with van der Waals surface area (Å²) in [5.74, 6) is -0.0356. The number of rotatable bonds is 5. The quantitative estimate of drug-likeness (QED) is 0.874. The Labute approximate surface area is 110 Å². The van der Waals surface area contributed by atoms with Crippen molar-refractivity contribution >= 4 is 21.8 Å². The van der Waals surface area contributed by atoms with E-state index in [1.807, 2.05) is 19.2 Å². The molecule has 3 N–H and O–H groups in total. The molecule has 1 aliphatic carbocycles. The molecule has 17 heavy (non-hydrogen) atoms. The van der Waals surface area contributed by atoms with E-state index in [1.165, 1.54) is 0 Å². The van der Waals surface area contributed by atoms with Crippen molar-refractivity contribution in [3.63, 3.8) is 0 Å². The van der Waals surface area contributed by atoms with E-state index in [0.717, 1.165) is 29.4 Å². The molecule has 0 spiro atoms. The molecule has 0 aliphatic heterocycles. The van der Waals surface area contributed by atoms with Crippen molar-refractivity contribution in [1.82, 2.24) is 9.88 Å². The van der Waals surface area contributed by atoms with Crippen LogP contribution >= 0.6 is 15.9 Å². The molecule has 1 saturated carbocycles. The lowest BCUT2D eigenvalue weighted by atomic mass is 10.2. The van der Waals surface area contributed by atoms with Gasteiger partial charge in [-0.2, -0.15) is 0 Å². The van der Waals surface area contributed by atoms with Gasteiger partial charge < -0.3 is 15.6 Å². The number of nitrogens with zero attached hydrogens (tertiary/aromatic N) is 1. The predicted molar refractivity (Wildman–Crippen MR) is 71.0 cm³/mol. The van der Waals surface area contributed by atoms with Crippen LogP contribution in [0, 0.1) is 0 Å². The number of amides is 1. The number of hydrogen-bond acceptors (Lipinski definition) is 2. The Bertz CT molecular complexity index is 412. The largest absolute Gasteiger partial charge is 0.349 e. The molecule has 2 rings (SSSR count). The number of hydrogen-bond donors (Lipinski definition) is 2. The molecule has 1 aliphatic rings. The van der Waals surface area contributed by atoms with Crippen molar-refractivity contribution in [2.75, 3.05) is 6.54 Å². The summed E-state index contributed by atoms with van der Waals surface area (Å²) in [6.45, 7) is 2.54. The van der Waals surface area contributed by atoms with Crippen LogP contribution in [0.1, 0.15) is 42.7 Å².